The van der Waals surface area contributed by atoms with Crippen LogP contribution in [0.5, 0.6) is 0 Å². The maximum absolute atomic E-state index is 14.1. The lowest BCUT2D eigenvalue weighted by Crippen LogP contribution is -2.29. The second-order valence-corrected chi connectivity index (χ2v) is 5.15. The van der Waals surface area contributed by atoms with Crippen molar-refractivity contribution in [3.63, 3.8) is 0 Å². The summed E-state index contributed by atoms with van der Waals surface area (Å²) in [5.74, 6) is -2.72. The van der Waals surface area contributed by atoms with Gasteiger partial charge in [0.2, 0.25) is 0 Å². The number of benzene rings is 1. The van der Waals surface area contributed by atoms with Gasteiger partial charge in [-0.1, -0.05) is 37.6 Å². The summed E-state index contributed by atoms with van der Waals surface area (Å²) in [6, 6.07) is 6.79. The molecule has 1 N–H and O–H groups in total. The summed E-state index contributed by atoms with van der Waals surface area (Å²) in [5.41, 5.74) is 1.28. The van der Waals surface area contributed by atoms with Gasteiger partial charge in [0.15, 0.2) is 0 Å². The van der Waals surface area contributed by atoms with Gasteiger partial charge < -0.3 is 5.32 Å². The predicted molar refractivity (Wildman–Crippen MR) is 70.0 cm³/mol. The standard InChI is InChI=1S/C15H21F2N/c1-2-4-12-6-8-13(9-7-12)15(16,17)11-14-5-3-10-18-14/h6-9,14,18H,2-5,10-11H2,1H3. The number of nitrogens with one attached hydrogen (secondary N) is 1. The number of alkyl halides is 2. The van der Waals surface area contributed by atoms with Crippen LogP contribution in [-0.2, 0) is 12.3 Å². The Kier molecular flexibility index (Phi) is 4.33. The molecule has 1 aromatic rings. The van der Waals surface area contributed by atoms with Crippen LogP contribution in [0.2, 0.25) is 0 Å². The quantitative estimate of drug-likeness (QED) is 0.840. The Balaban J connectivity index is 2.03. The molecule has 1 atom stereocenters. The molecule has 18 heavy (non-hydrogen) atoms. The van der Waals surface area contributed by atoms with Crippen molar-refractivity contribution in [2.75, 3.05) is 6.54 Å². The highest BCUT2D eigenvalue weighted by molar-refractivity contribution is 5.26. The van der Waals surface area contributed by atoms with Gasteiger partial charge in [-0.15, -0.1) is 0 Å². The topological polar surface area (TPSA) is 12.0 Å². The Morgan fingerprint density at radius 3 is 2.56 bits per heavy atom. The minimum absolute atomic E-state index is 0.0321. The first-order chi connectivity index (χ1) is 8.62. The molecule has 0 aromatic heterocycles. The zero-order valence-electron chi connectivity index (χ0n) is 10.9. The number of halogens is 2. The zero-order valence-corrected chi connectivity index (χ0v) is 10.9. The van der Waals surface area contributed by atoms with Crippen LogP contribution in [0.4, 0.5) is 8.78 Å². The molecule has 0 aliphatic carbocycles. The number of rotatable bonds is 5. The van der Waals surface area contributed by atoms with Crippen LogP contribution >= 0.6 is 0 Å². The lowest BCUT2D eigenvalue weighted by Gasteiger charge is -2.21. The van der Waals surface area contributed by atoms with E-state index in [0.29, 0.717) is 0 Å². The van der Waals surface area contributed by atoms with Crippen LogP contribution in [0.1, 0.15) is 43.7 Å². The Morgan fingerprint density at radius 2 is 2.00 bits per heavy atom. The molecule has 0 spiro atoms. The van der Waals surface area contributed by atoms with Gasteiger partial charge in [0.1, 0.15) is 0 Å². The van der Waals surface area contributed by atoms with Crippen molar-refractivity contribution in [2.45, 2.75) is 51.0 Å². The highest BCUT2D eigenvalue weighted by Gasteiger charge is 2.35. The largest absolute Gasteiger partial charge is 0.314 e. The predicted octanol–water partition coefficient (Wildman–Crippen LogP) is 3.87. The number of hydrogen-bond donors (Lipinski definition) is 1. The van der Waals surface area contributed by atoms with E-state index in [0.717, 1.165) is 37.8 Å². The third kappa shape index (κ3) is 3.29. The lowest BCUT2D eigenvalue weighted by molar-refractivity contribution is -0.0213. The van der Waals surface area contributed by atoms with Crippen LogP contribution in [0.3, 0.4) is 0 Å². The van der Waals surface area contributed by atoms with Gasteiger partial charge in [-0.3, -0.25) is 0 Å². The summed E-state index contributed by atoms with van der Waals surface area (Å²) in [5, 5.41) is 3.13. The summed E-state index contributed by atoms with van der Waals surface area (Å²) in [6.45, 7) is 2.96. The van der Waals surface area contributed by atoms with Crippen molar-refractivity contribution >= 4 is 0 Å². The fourth-order valence-electron chi connectivity index (χ4n) is 2.56. The normalized spacial score (nSPS) is 20.3. The molecule has 3 heteroatoms. The molecule has 100 valence electrons. The molecule has 2 rings (SSSR count). The highest BCUT2D eigenvalue weighted by atomic mass is 19.3. The van der Waals surface area contributed by atoms with Crippen molar-refractivity contribution in [3.8, 4) is 0 Å². The van der Waals surface area contributed by atoms with E-state index < -0.39 is 5.92 Å². The van der Waals surface area contributed by atoms with Gasteiger partial charge >= 0.3 is 0 Å². The van der Waals surface area contributed by atoms with Crippen LogP contribution in [0.25, 0.3) is 0 Å². The molecule has 1 aliphatic heterocycles. The lowest BCUT2D eigenvalue weighted by atomic mass is 9.98. The molecular weight excluding hydrogens is 232 g/mol. The van der Waals surface area contributed by atoms with Gasteiger partial charge in [-0.25, -0.2) is 8.78 Å². The summed E-state index contributed by atoms with van der Waals surface area (Å²) in [4.78, 5) is 0. The van der Waals surface area contributed by atoms with Crippen molar-refractivity contribution in [2.24, 2.45) is 0 Å². The minimum Gasteiger partial charge on any atom is -0.314 e. The van der Waals surface area contributed by atoms with E-state index in [9.17, 15) is 8.78 Å². The van der Waals surface area contributed by atoms with Gasteiger partial charge in [0.25, 0.3) is 5.92 Å². The molecule has 1 unspecified atom stereocenters. The minimum atomic E-state index is -2.72. The van der Waals surface area contributed by atoms with E-state index >= 15 is 0 Å². The van der Waals surface area contributed by atoms with Gasteiger partial charge in [-0.2, -0.15) is 0 Å². The van der Waals surface area contributed by atoms with Crippen LogP contribution in [0, 0.1) is 0 Å². The Hall–Kier alpha value is -0.960. The maximum atomic E-state index is 14.1. The van der Waals surface area contributed by atoms with E-state index in [1.165, 1.54) is 0 Å². The first-order valence-electron chi connectivity index (χ1n) is 6.82. The molecule has 1 heterocycles. The van der Waals surface area contributed by atoms with E-state index in [-0.39, 0.29) is 18.0 Å². The molecule has 0 bridgehead atoms. The monoisotopic (exact) mass is 253 g/mol. The molecular formula is C15H21F2N. The van der Waals surface area contributed by atoms with E-state index in [4.69, 9.17) is 0 Å². The first-order valence-corrected chi connectivity index (χ1v) is 6.82. The van der Waals surface area contributed by atoms with Crippen molar-refractivity contribution in [1.29, 1.82) is 0 Å². The second kappa shape index (κ2) is 5.79. The van der Waals surface area contributed by atoms with E-state index in [1.807, 2.05) is 12.1 Å². The van der Waals surface area contributed by atoms with E-state index in [2.05, 4.69) is 12.2 Å². The van der Waals surface area contributed by atoms with Crippen LogP contribution < -0.4 is 5.32 Å². The SMILES string of the molecule is CCCc1ccc(C(F)(F)CC2CCCN2)cc1. The Labute approximate surface area is 108 Å². The zero-order chi connectivity index (χ0) is 13.0. The number of aryl methyl sites for hydroxylation is 1. The fraction of sp³-hybridized carbons (Fsp3) is 0.600. The molecule has 1 saturated heterocycles. The van der Waals surface area contributed by atoms with Crippen LogP contribution in [0.15, 0.2) is 24.3 Å². The molecule has 0 saturated carbocycles. The van der Waals surface area contributed by atoms with Crippen LogP contribution in [-0.4, -0.2) is 12.6 Å². The summed E-state index contributed by atoms with van der Waals surface area (Å²) in [6.07, 6.45) is 3.79. The average molecular weight is 253 g/mol. The first kappa shape index (κ1) is 13.5. The highest BCUT2D eigenvalue weighted by Crippen LogP contribution is 2.34. The molecule has 1 aliphatic rings. The summed E-state index contributed by atoms with van der Waals surface area (Å²) >= 11 is 0. The fourth-order valence-corrected chi connectivity index (χ4v) is 2.56. The Morgan fingerprint density at radius 1 is 1.28 bits per heavy atom. The van der Waals surface area contributed by atoms with Crippen molar-refractivity contribution < 1.29 is 8.78 Å². The van der Waals surface area contributed by atoms with Gasteiger partial charge in [0.05, 0.1) is 0 Å². The van der Waals surface area contributed by atoms with Gasteiger partial charge in [0, 0.05) is 18.0 Å². The molecule has 1 aromatic carbocycles. The third-order valence-electron chi connectivity index (χ3n) is 3.58. The molecule has 0 radical (unpaired) electrons. The maximum Gasteiger partial charge on any atom is 0.274 e. The Bertz CT molecular complexity index is 367. The summed E-state index contributed by atoms with van der Waals surface area (Å²) < 4.78 is 28.2. The third-order valence-corrected chi connectivity index (χ3v) is 3.58. The average Bonchev–Trinajstić information content (AvgIpc) is 2.82. The molecule has 1 fully saturated rings. The van der Waals surface area contributed by atoms with Gasteiger partial charge in [-0.05, 0) is 31.4 Å². The second-order valence-electron chi connectivity index (χ2n) is 5.15. The van der Waals surface area contributed by atoms with E-state index in [1.54, 1.807) is 12.1 Å². The number of hydrogen-bond acceptors (Lipinski definition) is 1. The summed E-state index contributed by atoms with van der Waals surface area (Å²) in [7, 11) is 0. The van der Waals surface area contributed by atoms with Crippen molar-refractivity contribution in [3.05, 3.63) is 35.4 Å². The van der Waals surface area contributed by atoms with Crippen molar-refractivity contribution in [1.82, 2.24) is 5.32 Å². The molecule has 0 amide bonds. The smallest absolute Gasteiger partial charge is 0.274 e. The molecule has 1 nitrogen and oxygen atoms in total.